The molecule has 5 heteroatoms. The lowest BCUT2D eigenvalue weighted by Gasteiger charge is -2.00. The molecule has 3 nitrogen and oxygen atoms in total. The minimum Gasteiger partial charge on any atom is -0.341 e. The van der Waals surface area contributed by atoms with Crippen molar-refractivity contribution in [2.45, 2.75) is 13.5 Å². The van der Waals surface area contributed by atoms with E-state index in [0.29, 0.717) is 10.0 Å². The molecule has 0 bridgehead atoms. The molecule has 17 heavy (non-hydrogen) atoms. The van der Waals surface area contributed by atoms with Crippen LogP contribution in [0.4, 0.5) is 0 Å². The van der Waals surface area contributed by atoms with Gasteiger partial charge in [0.1, 0.15) is 5.82 Å². The van der Waals surface area contributed by atoms with Crippen LogP contribution in [-0.4, -0.2) is 16.5 Å². The third-order valence-corrected chi connectivity index (χ3v) is 3.14. The highest BCUT2D eigenvalue weighted by molar-refractivity contribution is 6.42. The lowest BCUT2D eigenvalue weighted by Crippen LogP contribution is -2.12. The molecule has 0 unspecified atom stereocenters. The van der Waals surface area contributed by atoms with Crippen LogP contribution >= 0.6 is 23.2 Å². The van der Waals surface area contributed by atoms with E-state index in [4.69, 9.17) is 23.2 Å². The summed E-state index contributed by atoms with van der Waals surface area (Å²) in [7, 11) is 0. The van der Waals surface area contributed by atoms with E-state index in [-0.39, 0.29) is 0 Å². The first-order valence-corrected chi connectivity index (χ1v) is 6.16. The second-order valence-corrected chi connectivity index (χ2v) is 4.47. The highest BCUT2D eigenvalue weighted by Crippen LogP contribution is 2.27. The maximum Gasteiger partial charge on any atom is 0.120 e. The minimum atomic E-state index is 0.548. The summed E-state index contributed by atoms with van der Waals surface area (Å²) in [5.74, 6) is 0.910. The summed E-state index contributed by atoms with van der Waals surface area (Å²) in [4.78, 5) is 7.52. The van der Waals surface area contributed by atoms with E-state index in [2.05, 4.69) is 22.2 Å². The van der Waals surface area contributed by atoms with Crippen molar-refractivity contribution in [2.24, 2.45) is 0 Å². The van der Waals surface area contributed by atoms with Crippen LogP contribution in [0.15, 0.2) is 24.4 Å². The van der Waals surface area contributed by atoms with Crippen LogP contribution in [0.1, 0.15) is 12.7 Å². The third kappa shape index (κ3) is 3.00. The van der Waals surface area contributed by atoms with Gasteiger partial charge < -0.3 is 10.3 Å². The fourth-order valence-electron chi connectivity index (χ4n) is 1.51. The molecule has 0 radical (unpaired) electrons. The zero-order chi connectivity index (χ0) is 12.3. The van der Waals surface area contributed by atoms with Crippen molar-refractivity contribution in [2.75, 3.05) is 6.54 Å². The van der Waals surface area contributed by atoms with Gasteiger partial charge in [-0.3, -0.25) is 0 Å². The summed E-state index contributed by atoms with van der Waals surface area (Å²) >= 11 is 11.8. The van der Waals surface area contributed by atoms with Gasteiger partial charge in [-0.15, -0.1) is 0 Å². The van der Waals surface area contributed by atoms with Gasteiger partial charge in [-0.1, -0.05) is 36.2 Å². The number of hydrogen-bond acceptors (Lipinski definition) is 2. The number of hydrogen-bond donors (Lipinski definition) is 2. The van der Waals surface area contributed by atoms with E-state index in [9.17, 15) is 0 Å². The van der Waals surface area contributed by atoms with Crippen molar-refractivity contribution in [3.63, 3.8) is 0 Å². The topological polar surface area (TPSA) is 40.7 Å². The molecule has 0 saturated carbocycles. The number of H-pyrrole nitrogens is 1. The number of imidazole rings is 1. The first-order valence-electron chi connectivity index (χ1n) is 5.40. The summed E-state index contributed by atoms with van der Waals surface area (Å²) in [6, 6.07) is 5.53. The van der Waals surface area contributed by atoms with Crippen LogP contribution < -0.4 is 5.32 Å². The molecule has 1 aromatic carbocycles. The first kappa shape index (κ1) is 12.4. The van der Waals surface area contributed by atoms with Crippen LogP contribution in [0.25, 0.3) is 11.3 Å². The third-order valence-electron chi connectivity index (χ3n) is 2.40. The predicted molar refractivity (Wildman–Crippen MR) is 71.4 cm³/mol. The maximum absolute atomic E-state index is 5.98. The van der Waals surface area contributed by atoms with Gasteiger partial charge in [0.05, 0.1) is 28.5 Å². The Labute approximate surface area is 110 Å². The average Bonchev–Trinajstić information content (AvgIpc) is 2.79. The Hall–Kier alpha value is -1.03. The van der Waals surface area contributed by atoms with Gasteiger partial charge in [0.15, 0.2) is 0 Å². The second kappa shape index (κ2) is 5.54. The van der Waals surface area contributed by atoms with E-state index in [1.807, 2.05) is 12.1 Å². The van der Waals surface area contributed by atoms with Gasteiger partial charge in [0.2, 0.25) is 0 Å². The van der Waals surface area contributed by atoms with Crippen LogP contribution in [0, 0.1) is 0 Å². The van der Waals surface area contributed by atoms with Gasteiger partial charge in [0, 0.05) is 5.56 Å². The molecule has 0 aliphatic carbocycles. The number of aromatic nitrogens is 2. The normalized spacial score (nSPS) is 10.8. The Morgan fingerprint density at radius 3 is 2.82 bits per heavy atom. The van der Waals surface area contributed by atoms with Crippen molar-refractivity contribution >= 4 is 23.2 Å². The molecule has 2 aromatic rings. The monoisotopic (exact) mass is 269 g/mol. The van der Waals surface area contributed by atoms with E-state index in [1.54, 1.807) is 12.3 Å². The highest BCUT2D eigenvalue weighted by atomic mass is 35.5. The van der Waals surface area contributed by atoms with E-state index in [0.717, 1.165) is 30.2 Å². The Morgan fingerprint density at radius 1 is 1.29 bits per heavy atom. The zero-order valence-corrected chi connectivity index (χ0v) is 10.9. The number of nitrogens with zero attached hydrogens (tertiary/aromatic N) is 1. The summed E-state index contributed by atoms with van der Waals surface area (Å²) in [5.41, 5.74) is 1.92. The molecule has 1 aromatic heterocycles. The van der Waals surface area contributed by atoms with Crippen LogP contribution in [0.3, 0.4) is 0 Å². The van der Waals surface area contributed by atoms with Crippen molar-refractivity contribution < 1.29 is 0 Å². The lowest BCUT2D eigenvalue weighted by molar-refractivity contribution is 0.698. The fourth-order valence-corrected chi connectivity index (χ4v) is 1.80. The Balaban J connectivity index is 2.21. The van der Waals surface area contributed by atoms with Gasteiger partial charge >= 0.3 is 0 Å². The van der Waals surface area contributed by atoms with Crippen molar-refractivity contribution in [1.82, 2.24) is 15.3 Å². The molecular weight excluding hydrogens is 257 g/mol. The van der Waals surface area contributed by atoms with Crippen molar-refractivity contribution in [1.29, 1.82) is 0 Å². The first-order chi connectivity index (χ1) is 8.20. The van der Waals surface area contributed by atoms with Crippen molar-refractivity contribution in [3.05, 3.63) is 40.3 Å². The zero-order valence-electron chi connectivity index (χ0n) is 9.43. The molecule has 0 atom stereocenters. The number of benzene rings is 1. The maximum atomic E-state index is 5.98. The number of halogens is 2. The lowest BCUT2D eigenvalue weighted by atomic mass is 10.2. The molecule has 0 saturated heterocycles. The standard InChI is InChI=1S/C12H13Cl2N3/c1-2-15-7-12-16-6-11(17-12)8-3-4-9(13)10(14)5-8/h3-6,15H,2,7H2,1H3,(H,16,17). The van der Waals surface area contributed by atoms with Gasteiger partial charge in [-0.2, -0.15) is 0 Å². The van der Waals surface area contributed by atoms with Crippen LogP contribution in [0.5, 0.6) is 0 Å². The quantitative estimate of drug-likeness (QED) is 0.892. The second-order valence-electron chi connectivity index (χ2n) is 3.65. The molecule has 1 heterocycles. The Bertz CT molecular complexity index is 508. The molecule has 90 valence electrons. The summed E-state index contributed by atoms with van der Waals surface area (Å²) in [6.45, 7) is 3.71. The van der Waals surface area contributed by atoms with E-state index >= 15 is 0 Å². The number of aromatic amines is 1. The molecular formula is C12H13Cl2N3. The summed E-state index contributed by atoms with van der Waals surface area (Å²) in [5, 5.41) is 4.32. The number of nitrogens with one attached hydrogen (secondary N) is 2. The molecule has 2 rings (SSSR count). The molecule has 0 aliphatic heterocycles. The summed E-state index contributed by atoms with van der Waals surface area (Å²) < 4.78 is 0. The largest absolute Gasteiger partial charge is 0.341 e. The molecule has 0 aliphatic rings. The van der Waals surface area contributed by atoms with Crippen LogP contribution in [0.2, 0.25) is 10.0 Å². The van der Waals surface area contributed by atoms with Gasteiger partial charge in [0.25, 0.3) is 0 Å². The Kier molecular flexibility index (Phi) is 4.05. The van der Waals surface area contributed by atoms with Crippen LogP contribution in [-0.2, 0) is 6.54 Å². The van der Waals surface area contributed by atoms with Gasteiger partial charge in [-0.05, 0) is 18.7 Å². The molecule has 2 N–H and O–H groups in total. The SMILES string of the molecule is CCNCc1ncc(-c2ccc(Cl)c(Cl)c2)[nH]1. The molecule has 0 amide bonds. The van der Waals surface area contributed by atoms with Crippen molar-refractivity contribution in [3.8, 4) is 11.3 Å². The predicted octanol–water partition coefficient (Wildman–Crippen LogP) is 3.49. The molecule has 0 spiro atoms. The fraction of sp³-hybridized carbons (Fsp3) is 0.250. The summed E-state index contributed by atoms with van der Waals surface area (Å²) in [6.07, 6.45) is 1.80. The van der Waals surface area contributed by atoms with Gasteiger partial charge in [-0.25, -0.2) is 4.98 Å². The molecule has 0 fully saturated rings. The number of rotatable bonds is 4. The van der Waals surface area contributed by atoms with E-state index in [1.165, 1.54) is 0 Å². The highest BCUT2D eigenvalue weighted by Gasteiger charge is 2.05. The smallest absolute Gasteiger partial charge is 0.120 e. The average molecular weight is 270 g/mol. The minimum absolute atomic E-state index is 0.548. The van der Waals surface area contributed by atoms with E-state index < -0.39 is 0 Å². The Morgan fingerprint density at radius 2 is 2.12 bits per heavy atom.